The maximum absolute atomic E-state index is 12.1. The van der Waals surface area contributed by atoms with Crippen molar-refractivity contribution < 1.29 is 4.79 Å². The Morgan fingerprint density at radius 1 is 1.53 bits per heavy atom. The van der Waals surface area contributed by atoms with E-state index in [0.29, 0.717) is 5.69 Å². The van der Waals surface area contributed by atoms with Gasteiger partial charge in [0.15, 0.2) is 0 Å². The van der Waals surface area contributed by atoms with E-state index in [9.17, 15) is 4.79 Å². The van der Waals surface area contributed by atoms with Crippen molar-refractivity contribution in [2.24, 2.45) is 7.05 Å². The molecule has 7 nitrogen and oxygen atoms in total. The molecule has 7 heteroatoms. The molecule has 0 saturated heterocycles. The standard InChI is InChI=1S/C12H18N6O/c1-4-5-18-11(14-7-15-18)9(2)16-12(19)10-6-13-8-17(10)3/h6-9H,4-5H2,1-3H3,(H,16,19). The van der Waals surface area contributed by atoms with E-state index in [1.807, 2.05) is 11.6 Å². The van der Waals surface area contributed by atoms with Crippen molar-refractivity contribution in [3.05, 3.63) is 30.4 Å². The summed E-state index contributed by atoms with van der Waals surface area (Å²) in [5, 5.41) is 7.05. The molecule has 0 bridgehead atoms. The molecule has 2 rings (SSSR count). The van der Waals surface area contributed by atoms with Gasteiger partial charge in [-0.05, 0) is 13.3 Å². The smallest absolute Gasteiger partial charge is 0.270 e. The molecule has 0 aliphatic carbocycles. The third-order valence-electron chi connectivity index (χ3n) is 2.87. The quantitative estimate of drug-likeness (QED) is 0.869. The molecule has 1 amide bonds. The van der Waals surface area contributed by atoms with Gasteiger partial charge >= 0.3 is 0 Å². The van der Waals surface area contributed by atoms with Crippen molar-refractivity contribution in [1.29, 1.82) is 0 Å². The maximum atomic E-state index is 12.1. The highest BCUT2D eigenvalue weighted by molar-refractivity contribution is 5.92. The molecule has 2 heterocycles. The Morgan fingerprint density at radius 2 is 2.32 bits per heavy atom. The minimum Gasteiger partial charge on any atom is -0.341 e. The predicted octanol–water partition coefficient (Wildman–Crippen LogP) is 0.913. The summed E-state index contributed by atoms with van der Waals surface area (Å²) in [5.41, 5.74) is 0.522. The first-order valence-electron chi connectivity index (χ1n) is 6.28. The van der Waals surface area contributed by atoms with Crippen LogP contribution in [0.1, 0.15) is 42.6 Å². The highest BCUT2D eigenvalue weighted by Gasteiger charge is 2.17. The van der Waals surface area contributed by atoms with E-state index >= 15 is 0 Å². The van der Waals surface area contributed by atoms with Crippen LogP contribution in [-0.4, -0.2) is 30.2 Å². The van der Waals surface area contributed by atoms with Gasteiger partial charge in [0.05, 0.1) is 18.6 Å². The van der Waals surface area contributed by atoms with Crippen molar-refractivity contribution in [2.45, 2.75) is 32.9 Å². The Hall–Kier alpha value is -2.18. The molecule has 2 aromatic rings. The van der Waals surface area contributed by atoms with Crippen LogP contribution in [0, 0.1) is 0 Å². The number of rotatable bonds is 5. The van der Waals surface area contributed by atoms with Crippen LogP contribution < -0.4 is 5.32 Å². The van der Waals surface area contributed by atoms with E-state index in [1.165, 1.54) is 6.33 Å². The summed E-state index contributed by atoms with van der Waals surface area (Å²) in [6.07, 6.45) is 5.62. The molecule has 1 N–H and O–H groups in total. The van der Waals surface area contributed by atoms with Gasteiger partial charge < -0.3 is 9.88 Å². The number of aromatic nitrogens is 5. The van der Waals surface area contributed by atoms with E-state index in [4.69, 9.17) is 0 Å². The third-order valence-corrected chi connectivity index (χ3v) is 2.87. The van der Waals surface area contributed by atoms with Gasteiger partial charge in [-0.3, -0.25) is 4.79 Å². The number of carbonyl (C=O) groups is 1. The second-order valence-corrected chi connectivity index (χ2v) is 4.43. The lowest BCUT2D eigenvalue weighted by Crippen LogP contribution is -2.30. The number of nitrogens with zero attached hydrogens (tertiary/aromatic N) is 5. The minimum absolute atomic E-state index is 0.168. The van der Waals surface area contributed by atoms with Crippen LogP contribution in [0.4, 0.5) is 0 Å². The van der Waals surface area contributed by atoms with Gasteiger partial charge in [-0.15, -0.1) is 0 Å². The fraction of sp³-hybridized carbons (Fsp3) is 0.500. The van der Waals surface area contributed by atoms with Gasteiger partial charge in [-0.1, -0.05) is 6.92 Å². The zero-order valence-corrected chi connectivity index (χ0v) is 11.4. The van der Waals surface area contributed by atoms with Crippen molar-refractivity contribution in [2.75, 3.05) is 0 Å². The van der Waals surface area contributed by atoms with Crippen molar-refractivity contribution in [3.8, 4) is 0 Å². The molecule has 0 aliphatic rings. The Labute approximate surface area is 111 Å². The first-order chi connectivity index (χ1) is 9.13. The number of imidazole rings is 1. The van der Waals surface area contributed by atoms with Crippen LogP contribution in [0.5, 0.6) is 0 Å². The molecule has 1 atom stereocenters. The highest BCUT2D eigenvalue weighted by Crippen LogP contribution is 2.10. The van der Waals surface area contributed by atoms with E-state index < -0.39 is 0 Å². The maximum Gasteiger partial charge on any atom is 0.270 e. The zero-order valence-electron chi connectivity index (χ0n) is 11.4. The average molecular weight is 262 g/mol. The summed E-state index contributed by atoms with van der Waals surface area (Å²) in [4.78, 5) is 20.2. The van der Waals surface area contributed by atoms with Gasteiger partial charge in [0, 0.05) is 13.6 Å². The number of carbonyl (C=O) groups excluding carboxylic acids is 1. The lowest BCUT2D eigenvalue weighted by Gasteiger charge is -2.14. The van der Waals surface area contributed by atoms with E-state index in [2.05, 4.69) is 27.3 Å². The van der Waals surface area contributed by atoms with Crippen LogP contribution in [0.25, 0.3) is 0 Å². The number of hydrogen-bond donors (Lipinski definition) is 1. The number of hydrogen-bond acceptors (Lipinski definition) is 4. The fourth-order valence-electron chi connectivity index (χ4n) is 1.90. The molecular formula is C12H18N6O. The fourth-order valence-corrected chi connectivity index (χ4v) is 1.90. The van der Waals surface area contributed by atoms with Gasteiger partial charge in [-0.2, -0.15) is 5.10 Å². The number of nitrogens with one attached hydrogen (secondary N) is 1. The molecule has 0 saturated carbocycles. The van der Waals surface area contributed by atoms with Crippen molar-refractivity contribution in [3.63, 3.8) is 0 Å². The van der Waals surface area contributed by atoms with Crippen molar-refractivity contribution in [1.82, 2.24) is 29.6 Å². The van der Waals surface area contributed by atoms with Gasteiger partial charge in [0.1, 0.15) is 17.8 Å². The zero-order chi connectivity index (χ0) is 13.8. The lowest BCUT2D eigenvalue weighted by molar-refractivity contribution is 0.0929. The first-order valence-corrected chi connectivity index (χ1v) is 6.28. The summed E-state index contributed by atoms with van der Waals surface area (Å²) in [6, 6.07) is -0.198. The third kappa shape index (κ3) is 2.81. The first kappa shape index (κ1) is 13.3. The van der Waals surface area contributed by atoms with Crippen LogP contribution in [-0.2, 0) is 13.6 Å². The molecule has 102 valence electrons. The summed E-state index contributed by atoms with van der Waals surface area (Å²) >= 11 is 0. The van der Waals surface area contributed by atoms with Crippen LogP contribution in [0.15, 0.2) is 18.9 Å². The topological polar surface area (TPSA) is 77.6 Å². The summed E-state index contributed by atoms with van der Waals surface area (Å²) in [7, 11) is 1.78. The minimum atomic E-state index is -0.198. The summed E-state index contributed by atoms with van der Waals surface area (Å²) in [6.45, 7) is 4.76. The molecule has 0 spiro atoms. The van der Waals surface area contributed by atoms with Gasteiger partial charge in [0.25, 0.3) is 5.91 Å². The number of aryl methyl sites for hydroxylation is 2. The Kier molecular flexibility index (Phi) is 3.94. The van der Waals surface area contributed by atoms with Crippen LogP contribution in [0.3, 0.4) is 0 Å². The van der Waals surface area contributed by atoms with E-state index in [0.717, 1.165) is 18.8 Å². The molecular weight excluding hydrogens is 244 g/mol. The van der Waals surface area contributed by atoms with E-state index in [1.54, 1.807) is 24.1 Å². The molecule has 0 aliphatic heterocycles. The van der Waals surface area contributed by atoms with Crippen molar-refractivity contribution >= 4 is 5.91 Å². The lowest BCUT2D eigenvalue weighted by atomic mass is 10.3. The molecule has 0 fully saturated rings. The molecule has 0 radical (unpaired) electrons. The molecule has 19 heavy (non-hydrogen) atoms. The second-order valence-electron chi connectivity index (χ2n) is 4.43. The molecule has 2 aromatic heterocycles. The normalized spacial score (nSPS) is 12.4. The Morgan fingerprint density at radius 3 is 2.95 bits per heavy atom. The largest absolute Gasteiger partial charge is 0.341 e. The monoisotopic (exact) mass is 262 g/mol. The number of amides is 1. The van der Waals surface area contributed by atoms with E-state index in [-0.39, 0.29) is 11.9 Å². The summed E-state index contributed by atoms with van der Waals surface area (Å²) in [5.74, 6) is 0.593. The SMILES string of the molecule is CCCn1ncnc1C(C)NC(=O)c1cncn1C. The highest BCUT2D eigenvalue weighted by atomic mass is 16.2. The molecule has 0 aromatic carbocycles. The van der Waals surface area contributed by atoms with Crippen LogP contribution >= 0.6 is 0 Å². The Balaban J connectivity index is 2.08. The molecule has 1 unspecified atom stereocenters. The van der Waals surface area contributed by atoms with Gasteiger partial charge in [0.2, 0.25) is 0 Å². The van der Waals surface area contributed by atoms with Crippen LogP contribution in [0.2, 0.25) is 0 Å². The Bertz CT molecular complexity index is 558. The predicted molar refractivity (Wildman–Crippen MR) is 69.4 cm³/mol. The second kappa shape index (κ2) is 5.64. The average Bonchev–Trinajstić information content (AvgIpc) is 2.98. The van der Waals surface area contributed by atoms with Gasteiger partial charge in [-0.25, -0.2) is 14.6 Å². The summed E-state index contributed by atoms with van der Waals surface area (Å²) < 4.78 is 3.49.